The highest BCUT2D eigenvalue weighted by atomic mass is 32.1. The third kappa shape index (κ3) is 4.49. The average Bonchev–Trinajstić information content (AvgIpc) is 2.58. The van der Waals surface area contributed by atoms with Gasteiger partial charge in [0.05, 0.1) is 17.4 Å². The van der Waals surface area contributed by atoms with Crippen LogP contribution in [-0.2, 0) is 9.53 Å². The summed E-state index contributed by atoms with van der Waals surface area (Å²) in [6.45, 7) is 9.70. The Bertz CT molecular complexity index is 456. The number of rotatable bonds is 3. The molecule has 0 saturated heterocycles. The van der Waals surface area contributed by atoms with Crippen LogP contribution in [0.2, 0.25) is 0 Å². The third-order valence-corrected chi connectivity index (χ3v) is 2.61. The van der Waals surface area contributed by atoms with Crippen molar-refractivity contribution in [2.24, 2.45) is 5.41 Å². The van der Waals surface area contributed by atoms with Crippen molar-refractivity contribution in [1.29, 1.82) is 0 Å². The van der Waals surface area contributed by atoms with E-state index in [4.69, 9.17) is 10.5 Å². The van der Waals surface area contributed by atoms with Crippen molar-refractivity contribution in [3.8, 4) is 0 Å². The minimum Gasteiger partial charge on any atom is -0.459 e. The summed E-state index contributed by atoms with van der Waals surface area (Å²) in [5, 5.41) is 2.22. The second-order valence-corrected chi connectivity index (χ2v) is 6.34. The first-order valence-corrected chi connectivity index (χ1v) is 6.72. The molecule has 0 aromatic carbocycles. The molecule has 18 heavy (non-hydrogen) atoms. The highest BCUT2D eigenvalue weighted by Gasteiger charge is 2.21. The van der Waals surface area contributed by atoms with E-state index in [1.807, 2.05) is 40.7 Å². The topological polar surface area (TPSA) is 65.2 Å². The Morgan fingerprint density at radius 1 is 1.50 bits per heavy atom. The maximum absolute atomic E-state index is 12.1. The molecule has 0 atom stereocenters. The second-order valence-electron chi connectivity index (χ2n) is 5.45. The van der Waals surface area contributed by atoms with Gasteiger partial charge in [-0.3, -0.25) is 0 Å². The number of nitrogen functional groups attached to an aromatic ring is 1. The quantitative estimate of drug-likeness (QED) is 0.675. The number of nitrogens with two attached hydrogens (primary N) is 1. The molecule has 1 rings (SSSR count). The highest BCUT2D eigenvalue weighted by Crippen LogP contribution is 2.26. The summed E-state index contributed by atoms with van der Waals surface area (Å²) in [6, 6.07) is 0. The first-order chi connectivity index (χ1) is 8.19. The van der Waals surface area contributed by atoms with E-state index in [1.165, 1.54) is 11.3 Å². The molecule has 5 heteroatoms. The SMILES string of the molecule is CC(C)OC(=O)C(=CC(C)(C)C)c1csc(N)n1. The van der Waals surface area contributed by atoms with E-state index >= 15 is 0 Å². The number of thiazole rings is 1. The lowest BCUT2D eigenvalue weighted by atomic mass is 9.92. The molecule has 2 N–H and O–H groups in total. The van der Waals surface area contributed by atoms with E-state index < -0.39 is 0 Å². The number of hydrogen-bond acceptors (Lipinski definition) is 5. The highest BCUT2D eigenvalue weighted by molar-refractivity contribution is 7.13. The zero-order valence-corrected chi connectivity index (χ0v) is 12.3. The fraction of sp³-hybridized carbons (Fsp3) is 0.538. The van der Waals surface area contributed by atoms with Crippen LogP contribution in [0.15, 0.2) is 11.5 Å². The van der Waals surface area contributed by atoms with Crippen molar-refractivity contribution < 1.29 is 9.53 Å². The minimum atomic E-state index is -0.356. The van der Waals surface area contributed by atoms with E-state index in [-0.39, 0.29) is 17.5 Å². The fourth-order valence-electron chi connectivity index (χ4n) is 1.36. The normalized spacial score (nSPS) is 12.9. The molecule has 0 saturated carbocycles. The van der Waals surface area contributed by atoms with Crippen molar-refractivity contribution in [3.63, 3.8) is 0 Å². The summed E-state index contributed by atoms with van der Waals surface area (Å²) in [7, 11) is 0. The summed E-state index contributed by atoms with van der Waals surface area (Å²) >= 11 is 1.31. The monoisotopic (exact) mass is 268 g/mol. The van der Waals surface area contributed by atoms with Crippen molar-refractivity contribution in [2.75, 3.05) is 5.73 Å². The minimum absolute atomic E-state index is 0.135. The van der Waals surface area contributed by atoms with Gasteiger partial charge >= 0.3 is 5.97 Å². The van der Waals surface area contributed by atoms with Gasteiger partial charge in [0.25, 0.3) is 0 Å². The molecule has 0 spiro atoms. The average molecular weight is 268 g/mol. The molecule has 0 bridgehead atoms. The van der Waals surface area contributed by atoms with Crippen LogP contribution in [-0.4, -0.2) is 17.1 Å². The first-order valence-electron chi connectivity index (χ1n) is 5.84. The van der Waals surface area contributed by atoms with Crippen LogP contribution in [0.4, 0.5) is 5.13 Å². The van der Waals surface area contributed by atoms with Crippen molar-refractivity contribution in [3.05, 3.63) is 17.2 Å². The van der Waals surface area contributed by atoms with Gasteiger partial charge in [0.2, 0.25) is 0 Å². The van der Waals surface area contributed by atoms with Gasteiger partial charge in [-0.05, 0) is 19.3 Å². The maximum Gasteiger partial charge on any atom is 0.340 e. The summed E-state index contributed by atoms with van der Waals surface area (Å²) in [5.41, 5.74) is 6.53. The van der Waals surface area contributed by atoms with Crippen LogP contribution < -0.4 is 5.73 Å². The van der Waals surface area contributed by atoms with Gasteiger partial charge in [-0.2, -0.15) is 0 Å². The standard InChI is InChI=1S/C13H20N2O2S/c1-8(2)17-11(16)9(6-13(3,4)5)10-7-18-12(14)15-10/h6-8H,1-5H3,(H2,14,15). The molecular weight excluding hydrogens is 248 g/mol. The van der Waals surface area contributed by atoms with Gasteiger partial charge in [0, 0.05) is 5.38 Å². The number of carbonyl (C=O) groups excluding carboxylic acids is 1. The molecule has 0 radical (unpaired) electrons. The van der Waals surface area contributed by atoms with Crippen LogP contribution >= 0.6 is 11.3 Å². The number of aromatic nitrogens is 1. The summed E-state index contributed by atoms with van der Waals surface area (Å²) in [4.78, 5) is 16.2. The molecule has 1 heterocycles. The summed E-state index contributed by atoms with van der Waals surface area (Å²) < 4.78 is 5.24. The predicted molar refractivity (Wildman–Crippen MR) is 75.2 cm³/mol. The Kier molecular flexibility index (Phi) is 4.51. The third-order valence-electron chi connectivity index (χ3n) is 1.94. The van der Waals surface area contributed by atoms with E-state index in [0.29, 0.717) is 16.4 Å². The van der Waals surface area contributed by atoms with Crippen LogP contribution in [0, 0.1) is 5.41 Å². The molecule has 0 aliphatic rings. The Labute approximate surface area is 112 Å². The number of allylic oxidation sites excluding steroid dienone is 1. The molecule has 1 aromatic heterocycles. The number of nitrogens with zero attached hydrogens (tertiary/aromatic N) is 1. The van der Waals surface area contributed by atoms with Crippen LogP contribution in [0.25, 0.3) is 5.57 Å². The lowest BCUT2D eigenvalue weighted by Crippen LogP contribution is -2.15. The fourth-order valence-corrected chi connectivity index (χ4v) is 1.92. The van der Waals surface area contributed by atoms with Gasteiger partial charge in [-0.15, -0.1) is 11.3 Å². The molecule has 0 unspecified atom stereocenters. The Hall–Kier alpha value is -1.36. The zero-order valence-electron chi connectivity index (χ0n) is 11.5. The van der Waals surface area contributed by atoms with Gasteiger partial charge in [-0.1, -0.05) is 26.8 Å². The van der Waals surface area contributed by atoms with Crippen molar-refractivity contribution >= 4 is 28.0 Å². The molecule has 0 amide bonds. The maximum atomic E-state index is 12.1. The molecular formula is C13H20N2O2S. The molecule has 100 valence electrons. The molecule has 0 aliphatic heterocycles. The first kappa shape index (κ1) is 14.7. The second kappa shape index (κ2) is 5.52. The van der Waals surface area contributed by atoms with E-state index in [2.05, 4.69) is 4.98 Å². The van der Waals surface area contributed by atoms with Gasteiger partial charge < -0.3 is 10.5 Å². The molecule has 0 aliphatic carbocycles. The van der Waals surface area contributed by atoms with Crippen molar-refractivity contribution in [2.45, 2.75) is 40.7 Å². The Morgan fingerprint density at radius 3 is 2.50 bits per heavy atom. The van der Waals surface area contributed by atoms with E-state index in [0.717, 1.165) is 0 Å². The van der Waals surface area contributed by atoms with E-state index in [1.54, 1.807) is 5.38 Å². The predicted octanol–water partition coefficient (Wildman–Crippen LogP) is 3.11. The Morgan fingerprint density at radius 2 is 2.11 bits per heavy atom. The molecule has 4 nitrogen and oxygen atoms in total. The lowest BCUT2D eigenvalue weighted by Gasteiger charge is -2.16. The number of esters is 1. The number of hydrogen-bond donors (Lipinski definition) is 1. The van der Waals surface area contributed by atoms with Gasteiger partial charge in [0.15, 0.2) is 5.13 Å². The largest absolute Gasteiger partial charge is 0.459 e. The number of carbonyl (C=O) groups is 1. The van der Waals surface area contributed by atoms with Gasteiger partial charge in [-0.25, -0.2) is 9.78 Å². The Balaban J connectivity index is 3.11. The molecule has 1 aromatic rings. The summed E-state index contributed by atoms with van der Waals surface area (Å²) in [5.74, 6) is -0.356. The summed E-state index contributed by atoms with van der Waals surface area (Å²) in [6.07, 6.45) is 1.71. The number of anilines is 1. The molecule has 0 fully saturated rings. The number of ether oxygens (including phenoxy) is 1. The van der Waals surface area contributed by atoms with Crippen LogP contribution in [0.1, 0.15) is 40.3 Å². The van der Waals surface area contributed by atoms with Crippen LogP contribution in [0.3, 0.4) is 0 Å². The van der Waals surface area contributed by atoms with E-state index in [9.17, 15) is 4.79 Å². The van der Waals surface area contributed by atoms with Crippen molar-refractivity contribution in [1.82, 2.24) is 4.98 Å². The smallest absolute Gasteiger partial charge is 0.340 e. The lowest BCUT2D eigenvalue weighted by molar-refractivity contribution is -0.140. The van der Waals surface area contributed by atoms with Gasteiger partial charge in [0.1, 0.15) is 0 Å². The van der Waals surface area contributed by atoms with Crippen LogP contribution in [0.5, 0.6) is 0 Å². The zero-order chi connectivity index (χ0) is 13.9.